The second kappa shape index (κ2) is 6.39. The topological polar surface area (TPSA) is 55.4 Å². The minimum Gasteiger partial charge on any atom is -0.465 e. The Kier molecular flexibility index (Phi) is 4.87. The predicted molar refractivity (Wildman–Crippen MR) is 69.5 cm³/mol. The number of methoxy groups -OCH3 is 1. The van der Waals surface area contributed by atoms with E-state index in [1.165, 1.54) is 13.2 Å². The molecule has 94 valence electrons. The van der Waals surface area contributed by atoms with Gasteiger partial charge in [-0.25, -0.2) is 4.79 Å². The van der Waals surface area contributed by atoms with Gasteiger partial charge in [-0.15, -0.1) is 0 Å². The van der Waals surface area contributed by atoms with E-state index in [4.69, 9.17) is 0 Å². The normalized spacial score (nSPS) is 10.1. The number of rotatable bonds is 5. The molecule has 1 rings (SSSR count). The molecule has 0 aliphatic rings. The largest absolute Gasteiger partial charge is 0.465 e. The number of nitrogens with one attached hydrogen (secondary N) is 1. The number of benzene rings is 1. The fraction of sp³-hybridized carbons (Fsp3) is 0.143. The van der Waals surface area contributed by atoms with Crippen LogP contribution in [0.4, 0.5) is 0 Å². The van der Waals surface area contributed by atoms with Crippen molar-refractivity contribution in [2.45, 2.75) is 0 Å². The Balaban J connectivity index is 3.03. The monoisotopic (exact) mass is 245 g/mol. The summed E-state index contributed by atoms with van der Waals surface area (Å²) in [6, 6.07) is 6.51. The molecule has 0 saturated heterocycles. The SMILES string of the molecule is C=C(/C=C/C(=O)c1ccccc1C(=O)OC)NC. The molecule has 18 heavy (non-hydrogen) atoms. The van der Waals surface area contributed by atoms with Crippen LogP contribution in [0.25, 0.3) is 0 Å². The molecule has 0 aliphatic heterocycles. The molecule has 0 aliphatic carbocycles. The van der Waals surface area contributed by atoms with Gasteiger partial charge < -0.3 is 10.1 Å². The quantitative estimate of drug-likeness (QED) is 0.373. The highest BCUT2D eigenvalue weighted by molar-refractivity contribution is 6.11. The van der Waals surface area contributed by atoms with Gasteiger partial charge in [0.25, 0.3) is 0 Å². The van der Waals surface area contributed by atoms with Gasteiger partial charge in [0.05, 0.1) is 12.7 Å². The molecular formula is C14H15NO3. The van der Waals surface area contributed by atoms with Crippen LogP contribution in [0.3, 0.4) is 0 Å². The maximum absolute atomic E-state index is 11.9. The highest BCUT2D eigenvalue weighted by Crippen LogP contribution is 2.11. The number of carbonyl (C=O) groups is 2. The molecule has 0 spiro atoms. The average Bonchev–Trinajstić information content (AvgIpc) is 2.43. The maximum atomic E-state index is 11.9. The maximum Gasteiger partial charge on any atom is 0.338 e. The van der Waals surface area contributed by atoms with E-state index in [1.54, 1.807) is 37.4 Å². The van der Waals surface area contributed by atoms with Crippen LogP contribution in [-0.4, -0.2) is 25.9 Å². The Hall–Kier alpha value is -2.36. The first-order valence-electron chi connectivity index (χ1n) is 5.36. The number of carbonyl (C=O) groups excluding carboxylic acids is 2. The second-order valence-electron chi connectivity index (χ2n) is 3.51. The molecule has 0 bridgehead atoms. The van der Waals surface area contributed by atoms with Gasteiger partial charge in [0.2, 0.25) is 0 Å². The lowest BCUT2D eigenvalue weighted by atomic mass is 10.0. The van der Waals surface area contributed by atoms with Crippen LogP contribution < -0.4 is 5.32 Å². The van der Waals surface area contributed by atoms with Gasteiger partial charge >= 0.3 is 5.97 Å². The standard InChI is InChI=1S/C14H15NO3/c1-10(15-2)8-9-13(16)11-6-4-5-7-12(11)14(17)18-3/h4-9,15H,1H2,2-3H3/b9-8+. The van der Waals surface area contributed by atoms with Crippen molar-refractivity contribution in [3.05, 3.63) is 59.8 Å². The molecule has 0 unspecified atom stereocenters. The van der Waals surface area contributed by atoms with E-state index >= 15 is 0 Å². The number of ketones is 1. The zero-order valence-corrected chi connectivity index (χ0v) is 10.4. The summed E-state index contributed by atoms with van der Waals surface area (Å²) < 4.78 is 4.63. The van der Waals surface area contributed by atoms with Gasteiger partial charge in [-0.2, -0.15) is 0 Å². The van der Waals surface area contributed by atoms with E-state index in [-0.39, 0.29) is 11.3 Å². The molecule has 0 heterocycles. The predicted octanol–water partition coefficient (Wildman–Crippen LogP) is 1.95. The number of ether oxygens (including phenoxy) is 1. The highest BCUT2D eigenvalue weighted by Gasteiger charge is 2.14. The van der Waals surface area contributed by atoms with Crippen LogP contribution in [0.5, 0.6) is 0 Å². The first-order chi connectivity index (χ1) is 8.60. The first kappa shape index (κ1) is 13.7. The minimum absolute atomic E-state index is 0.254. The summed E-state index contributed by atoms with van der Waals surface area (Å²) >= 11 is 0. The molecule has 1 aromatic carbocycles. The molecule has 0 amide bonds. The molecule has 0 aromatic heterocycles. The van der Waals surface area contributed by atoms with E-state index in [0.29, 0.717) is 11.3 Å². The van der Waals surface area contributed by atoms with Gasteiger partial charge in [0, 0.05) is 18.3 Å². The lowest BCUT2D eigenvalue weighted by Gasteiger charge is -2.04. The van der Waals surface area contributed by atoms with E-state index in [0.717, 1.165) is 0 Å². The third-order valence-corrected chi connectivity index (χ3v) is 2.35. The zero-order chi connectivity index (χ0) is 13.5. The Morgan fingerprint density at radius 1 is 1.22 bits per heavy atom. The minimum atomic E-state index is -0.528. The number of hydrogen-bond donors (Lipinski definition) is 1. The van der Waals surface area contributed by atoms with Gasteiger partial charge in [-0.05, 0) is 18.2 Å². The fourth-order valence-electron chi connectivity index (χ4n) is 1.34. The van der Waals surface area contributed by atoms with Crippen molar-refractivity contribution in [3.63, 3.8) is 0 Å². The summed E-state index contributed by atoms with van der Waals surface area (Å²) in [6.07, 6.45) is 2.91. The summed E-state index contributed by atoms with van der Waals surface area (Å²) in [4.78, 5) is 23.4. The number of hydrogen-bond acceptors (Lipinski definition) is 4. The zero-order valence-electron chi connectivity index (χ0n) is 10.4. The third-order valence-electron chi connectivity index (χ3n) is 2.35. The third kappa shape index (κ3) is 3.31. The summed E-state index contributed by atoms with van der Waals surface area (Å²) in [6.45, 7) is 3.67. The Labute approximate surface area is 106 Å². The molecule has 1 N–H and O–H groups in total. The fourth-order valence-corrected chi connectivity index (χ4v) is 1.34. The number of likely N-dealkylation sites (N-methyl/N-ethyl adjacent to an activating group) is 1. The summed E-state index contributed by atoms with van der Waals surface area (Å²) in [5, 5.41) is 2.80. The van der Waals surface area contributed by atoms with Crippen LogP contribution in [-0.2, 0) is 4.74 Å². The molecule has 1 aromatic rings. The second-order valence-corrected chi connectivity index (χ2v) is 3.51. The van der Waals surface area contributed by atoms with Crippen molar-refractivity contribution in [2.75, 3.05) is 14.2 Å². The van der Waals surface area contributed by atoms with Crippen LogP contribution >= 0.6 is 0 Å². The van der Waals surface area contributed by atoms with Gasteiger partial charge in [0.15, 0.2) is 5.78 Å². The van der Waals surface area contributed by atoms with Crippen molar-refractivity contribution >= 4 is 11.8 Å². The summed E-state index contributed by atoms with van der Waals surface area (Å²) in [5.41, 5.74) is 1.17. The van der Waals surface area contributed by atoms with Crippen molar-refractivity contribution < 1.29 is 14.3 Å². The van der Waals surface area contributed by atoms with E-state index in [9.17, 15) is 9.59 Å². The lowest BCUT2D eigenvalue weighted by molar-refractivity contribution is 0.0597. The number of allylic oxidation sites excluding steroid dienone is 2. The van der Waals surface area contributed by atoms with Crippen LogP contribution in [0.15, 0.2) is 48.7 Å². The van der Waals surface area contributed by atoms with Gasteiger partial charge in [-0.3, -0.25) is 4.79 Å². The molecule has 0 fully saturated rings. The Morgan fingerprint density at radius 2 is 1.83 bits per heavy atom. The highest BCUT2D eigenvalue weighted by atomic mass is 16.5. The van der Waals surface area contributed by atoms with Crippen molar-refractivity contribution in [1.29, 1.82) is 0 Å². The summed E-state index contributed by atoms with van der Waals surface area (Å²) in [7, 11) is 2.99. The Morgan fingerprint density at radius 3 is 2.39 bits per heavy atom. The molecule has 4 heteroatoms. The van der Waals surface area contributed by atoms with Crippen molar-refractivity contribution in [1.82, 2.24) is 5.32 Å². The van der Waals surface area contributed by atoms with E-state index in [2.05, 4.69) is 16.6 Å². The molecular weight excluding hydrogens is 230 g/mol. The molecule has 0 atom stereocenters. The van der Waals surface area contributed by atoms with Crippen LogP contribution in [0.2, 0.25) is 0 Å². The summed E-state index contributed by atoms with van der Waals surface area (Å²) in [5.74, 6) is -0.799. The number of esters is 1. The molecule has 0 radical (unpaired) electrons. The molecule has 0 saturated carbocycles. The van der Waals surface area contributed by atoms with Crippen molar-refractivity contribution in [2.24, 2.45) is 0 Å². The van der Waals surface area contributed by atoms with E-state index < -0.39 is 5.97 Å². The van der Waals surface area contributed by atoms with Crippen LogP contribution in [0, 0.1) is 0 Å². The molecule has 4 nitrogen and oxygen atoms in total. The van der Waals surface area contributed by atoms with Gasteiger partial charge in [0.1, 0.15) is 0 Å². The van der Waals surface area contributed by atoms with Crippen molar-refractivity contribution in [3.8, 4) is 0 Å². The lowest BCUT2D eigenvalue weighted by Crippen LogP contribution is -2.09. The average molecular weight is 245 g/mol. The Bertz CT molecular complexity index is 504. The van der Waals surface area contributed by atoms with Crippen LogP contribution in [0.1, 0.15) is 20.7 Å². The van der Waals surface area contributed by atoms with Gasteiger partial charge in [-0.1, -0.05) is 24.8 Å². The van der Waals surface area contributed by atoms with E-state index in [1.807, 2.05) is 0 Å². The smallest absolute Gasteiger partial charge is 0.338 e. The first-order valence-corrected chi connectivity index (χ1v) is 5.36.